The topological polar surface area (TPSA) is 135 Å². The van der Waals surface area contributed by atoms with E-state index in [1.807, 2.05) is 0 Å². The lowest BCUT2D eigenvalue weighted by Crippen LogP contribution is -2.22. The van der Waals surface area contributed by atoms with Gasteiger partial charge in [0.25, 0.3) is 0 Å². The molecule has 7 heteroatoms. The van der Waals surface area contributed by atoms with Crippen LogP contribution in [0.15, 0.2) is 12.1 Å². The number of aryl methyl sites for hydroxylation is 1. The van der Waals surface area contributed by atoms with Gasteiger partial charge in [-0.15, -0.1) is 0 Å². The van der Waals surface area contributed by atoms with Crippen molar-refractivity contribution in [2.24, 2.45) is 0 Å². The third-order valence-corrected chi connectivity index (χ3v) is 3.66. The van der Waals surface area contributed by atoms with Crippen LogP contribution in [-0.4, -0.2) is 37.1 Å². The van der Waals surface area contributed by atoms with Gasteiger partial charge in [0.1, 0.15) is 0 Å². The number of ketones is 2. The molecule has 1 aliphatic carbocycles. The van der Waals surface area contributed by atoms with Crippen LogP contribution >= 0.6 is 0 Å². The number of hydrogen-bond donors (Lipinski definition) is 5. The minimum Gasteiger partial charge on any atom is -0.504 e. The summed E-state index contributed by atoms with van der Waals surface area (Å²) in [6, 6.07) is 1.94. The summed E-state index contributed by atoms with van der Waals surface area (Å²) in [7, 11) is 0. The molecule has 2 aromatic rings. The largest absolute Gasteiger partial charge is 0.504 e. The molecule has 0 spiro atoms. The van der Waals surface area contributed by atoms with Gasteiger partial charge in [-0.3, -0.25) is 9.59 Å². The monoisotopic (exact) mass is 302 g/mol. The maximum atomic E-state index is 12.5. The number of phenols is 5. The van der Waals surface area contributed by atoms with E-state index in [2.05, 4.69) is 0 Å². The van der Waals surface area contributed by atoms with Gasteiger partial charge in [-0.2, -0.15) is 0 Å². The third-order valence-electron chi connectivity index (χ3n) is 3.66. The van der Waals surface area contributed by atoms with Crippen molar-refractivity contribution in [2.45, 2.75) is 6.92 Å². The van der Waals surface area contributed by atoms with E-state index in [1.54, 1.807) is 0 Å². The zero-order valence-corrected chi connectivity index (χ0v) is 11.2. The zero-order chi connectivity index (χ0) is 16.3. The van der Waals surface area contributed by atoms with Crippen LogP contribution in [0.2, 0.25) is 0 Å². The number of rotatable bonds is 0. The molecule has 3 rings (SSSR count). The van der Waals surface area contributed by atoms with Crippen molar-refractivity contribution in [1.29, 1.82) is 0 Å². The van der Waals surface area contributed by atoms with Gasteiger partial charge in [0.2, 0.25) is 5.75 Å². The quantitative estimate of drug-likeness (QED) is 0.395. The minimum absolute atomic E-state index is 0.173. The van der Waals surface area contributed by atoms with Gasteiger partial charge in [-0.05, 0) is 24.6 Å². The molecular formula is C15H10O7. The highest BCUT2D eigenvalue weighted by Crippen LogP contribution is 2.46. The van der Waals surface area contributed by atoms with E-state index in [1.165, 1.54) is 6.92 Å². The first-order chi connectivity index (χ1) is 10.3. The Morgan fingerprint density at radius 1 is 0.682 bits per heavy atom. The first-order valence-corrected chi connectivity index (χ1v) is 6.18. The normalized spacial score (nSPS) is 13.0. The molecule has 0 amide bonds. The minimum atomic E-state index is -0.913. The number of carbonyl (C=O) groups is 2. The lowest BCUT2D eigenvalue weighted by Gasteiger charge is -2.22. The summed E-state index contributed by atoms with van der Waals surface area (Å²) >= 11 is 0. The van der Waals surface area contributed by atoms with Crippen LogP contribution < -0.4 is 0 Å². The highest BCUT2D eigenvalue weighted by molar-refractivity contribution is 6.31. The van der Waals surface area contributed by atoms with Crippen LogP contribution in [0.3, 0.4) is 0 Å². The summed E-state index contributed by atoms with van der Waals surface area (Å²) in [4.78, 5) is 25.0. The highest BCUT2D eigenvalue weighted by atomic mass is 16.3. The first kappa shape index (κ1) is 13.7. The Morgan fingerprint density at radius 2 is 1.27 bits per heavy atom. The standard InChI is InChI=1S/C15H10O7/c1-4-2-6(16)12(19)10-8(4)14(21)9-5(11(10)18)3-7(17)13(20)15(9)22/h2-3,16-17,19-20,22H,1H3. The number of phenolic OH excluding ortho intramolecular Hbond substituents is 5. The lowest BCUT2D eigenvalue weighted by molar-refractivity contribution is 0.0972. The Kier molecular flexibility index (Phi) is 2.59. The predicted molar refractivity (Wildman–Crippen MR) is 72.8 cm³/mol. The van der Waals surface area contributed by atoms with Gasteiger partial charge in [0.15, 0.2) is 34.6 Å². The molecule has 0 fully saturated rings. The molecule has 0 saturated carbocycles. The van der Waals surface area contributed by atoms with Crippen LogP contribution in [-0.2, 0) is 0 Å². The summed E-state index contributed by atoms with van der Waals surface area (Å²) in [6.45, 7) is 1.45. The number of fused-ring (bicyclic) bond motifs is 2. The SMILES string of the molecule is Cc1cc(O)c(O)c2c1C(=O)c1c(cc(O)c(O)c1O)C2=O. The summed E-state index contributed by atoms with van der Waals surface area (Å²) in [5.74, 6) is -5.58. The van der Waals surface area contributed by atoms with E-state index >= 15 is 0 Å². The van der Waals surface area contributed by atoms with E-state index in [0.717, 1.165) is 12.1 Å². The van der Waals surface area contributed by atoms with Crippen molar-refractivity contribution in [3.63, 3.8) is 0 Å². The number of benzene rings is 2. The summed E-state index contributed by atoms with van der Waals surface area (Å²) < 4.78 is 0. The van der Waals surface area contributed by atoms with Gasteiger partial charge >= 0.3 is 0 Å². The van der Waals surface area contributed by atoms with Crippen LogP contribution in [0, 0.1) is 6.92 Å². The van der Waals surface area contributed by atoms with Crippen molar-refractivity contribution in [3.05, 3.63) is 39.9 Å². The molecule has 112 valence electrons. The zero-order valence-electron chi connectivity index (χ0n) is 11.2. The second-order valence-corrected chi connectivity index (χ2v) is 4.98. The molecule has 0 bridgehead atoms. The second-order valence-electron chi connectivity index (χ2n) is 4.98. The Balaban J connectivity index is 2.46. The number of aromatic hydroxyl groups is 5. The van der Waals surface area contributed by atoms with Crippen molar-refractivity contribution < 1.29 is 35.1 Å². The van der Waals surface area contributed by atoms with E-state index in [-0.39, 0.29) is 16.7 Å². The van der Waals surface area contributed by atoms with Crippen LogP contribution in [0.1, 0.15) is 37.4 Å². The lowest BCUT2D eigenvalue weighted by atomic mass is 9.80. The molecule has 2 aromatic carbocycles. The molecule has 0 atom stereocenters. The third kappa shape index (κ3) is 1.50. The molecule has 0 saturated heterocycles. The van der Waals surface area contributed by atoms with Gasteiger partial charge in [0, 0.05) is 11.1 Å². The average molecular weight is 302 g/mol. The van der Waals surface area contributed by atoms with Gasteiger partial charge in [-0.25, -0.2) is 0 Å². The van der Waals surface area contributed by atoms with Crippen LogP contribution in [0.5, 0.6) is 28.7 Å². The Hall–Kier alpha value is -3.22. The molecule has 0 aliphatic heterocycles. The number of carbonyl (C=O) groups excluding carboxylic acids is 2. The fourth-order valence-corrected chi connectivity index (χ4v) is 2.62. The second kappa shape index (κ2) is 4.14. The van der Waals surface area contributed by atoms with Crippen molar-refractivity contribution in [3.8, 4) is 28.7 Å². The van der Waals surface area contributed by atoms with Gasteiger partial charge in [0.05, 0.1) is 11.1 Å². The smallest absolute Gasteiger partial charge is 0.201 e. The van der Waals surface area contributed by atoms with Crippen molar-refractivity contribution in [2.75, 3.05) is 0 Å². The summed E-state index contributed by atoms with van der Waals surface area (Å²) in [5, 5.41) is 48.4. The molecule has 1 aliphatic rings. The molecule has 7 nitrogen and oxygen atoms in total. The van der Waals surface area contributed by atoms with E-state index in [4.69, 9.17) is 0 Å². The molecule has 0 radical (unpaired) electrons. The van der Waals surface area contributed by atoms with Crippen LogP contribution in [0.25, 0.3) is 0 Å². The van der Waals surface area contributed by atoms with Crippen molar-refractivity contribution >= 4 is 11.6 Å². The average Bonchev–Trinajstić information content (AvgIpc) is 2.45. The molecular weight excluding hydrogens is 292 g/mol. The van der Waals surface area contributed by atoms with E-state index < -0.39 is 51.4 Å². The van der Waals surface area contributed by atoms with Gasteiger partial charge < -0.3 is 25.5 Å². The maximum absolute atomic E-state index is 12.5. The van der Waals surface area contributed by atoms with E-state index in [0.29, 0.717) is 0 Å². The molecule has 22 heavy (non-hydrogen) atoms. The Bertz CT molecular complexity index is 876. The van der Waals surface area contributed by atoms with Crippen LogP contribution in [0.4, 0.5) is 0 Å². The first-order valence-electron chi connectivity index (χ1n) is 6.18. The summed E-state index contributed by atoms with van der Waals surface area (Å²) in [6.07, 6.45) is 0. The molecule has 0 unspecified atom stereocenters. The number of hydrogen-bond acceptors (Lipinski definition) is 7. The van der Waals surface area contributed by atoms with Gasteiger partial charge in [-0.1, -0.05) is 0 Å². The maximum Gasteiger partial charge on any atom is 0.201 e. The molecule has 0 heterocycles. The highest BCUT2D eigenvalue weighted by Gasteiger charge is 2.38. The Labute approximate surface area is 123 Å². The van der Waals surface area contributed by atoms with E-state index in [9.17, 15) is 35.1 Å². The predicted octanol–water partition coefficient (Wildman–Crippen LogP) is 1.30. The molecule has 0 aromatic heterocycles. The summed E-state index contributed by atoms with van der Waals surface area (Å²) in [5.41, 5.74) is -1.18. The fourth-order valence-electron chi connectivity index (χ4n) is 2.62. The fraction of sp³-hybridized carbons (Fsp3) is 0.0667. The Morgan fingerprint density at radius 3 is 1.91 bits per heavy atom. The molecule has 5 N–H and O–H groups in total. The van der Waals surface area contributed by atoms with Crippen molar-refractivity contribution in [1.82, 2.24) is 0 Å².